The number of nitrogens with zero attached hydrogens (tertiary/aromatic N) is 4. The summed E-state index contributed by atoms with van der Waals surface area (Å²) in [7, 11) is 0. The monoisotopic (exact) mass is 634 g/mol. The fourth-order valence-corrected chi connectivity index (χ4v) is 6.97. The highest BCUT2D eigenvalue weighted by atomic mass is 79.9. The van der Waals surface area contributed by atoms with Crippen molar-refractivity contribution in [3.8, 4) is 5.69 Å². The molecular weight excluding hydrogens is 611 g/mol. The van der Waals surface area contributed by atoms with Crippen molar-refractivity contribution in [2.75, 3.05) is 11.5 Å². The Hall–Kier alpha value is -3.21. The highest BCUT2D eigenvalue weighted by Crippen LogP contribution is 2.35. The molecule has 0 aliphatic carbocycles. The topological polar surface area (TPSA) is 67.6 Å². The van der Waals surface area contributed by atoms with Gasteiger partial charge in [0.2, 0.25) is 0 Å². The highest BCUT2D eigenvalue weighted by molar-refractivity contribution is 9.10. The number of thioether (sulfide) groups is 2. The lowest BCUT2D eigenvalue weighted by Gasteiger charge is -2.22. The van der Waals surface area contributed by atoms with Crippen LogP contribution in [0.15, 0.2) is 97.2 Å². The Kier molecular flexibility index (Phi) is 7.65. The maximum Gasteiger partial charge on any atom is 0.272 e. The van der Waals surface area contributed by atoms with Crippen LogP contribution >= 0.6 is 39.5 Å². The molecule has 4 aromatic rings. The number of aryl methyl sites for hydroxylation is 2. The summed E-state index contributed by atoms with van der Waals surface area (Å²) in [6.07, 6.45) is 1.29. The maximum absolute atomic E-state index is 13.7. The molecule has 1 unspecified atom stereocenters. The Labute approximate surface area is 247 Å². The van der Waals surface area contributed by atoms with E-state index in [2.05, 4.69) is 15.9 Å². The number of aromatic nitrogens is 2. The molecule has 3 heterocycles. The van der Waals surface area contributed by atoms with E-state index in [1.807, 2.05) is 55.5 Å². The summed E-state index contributed by atoms with van der Waals surface area (Å²) in [4.78, 5) is 32.5. The number of hydrogen-bond acceptors (Lipinski definition) is 6. The molecule has 1 aromatic heterocycles. The van der Waals surface area contributed by atoms with Gasteiger partial charge in [-0.3, -0.25) is 14.2 Å². The van der Waals surface area contributed by atoms with Crippen molar-refractivity contribution in [2.45, 2.75) is 35.9 Å². The molecule has 202 valence electrons. The molecule has 0 saturated carbocycles. The first-order chi connectivity index (χ1) is 19.4. The van der Waals surface area contributed by atoms with E-state index in [1.165, 1.54) is 40.2 Å². The summed E-state index contributed by atoms with van der Waals surface area (Å²) < 4.78 is 16.1. The fraction of sp³-hybridized carbons (Fsp3) is 0.200. The normalized spacial score (nSPS) is 16.2. The smallest absolute Gasteiger partial charge is 0.272 e. The van der Waals surface area contributed by atoms with Crippen LogP contribution in [-0.2, 0) is 11.2 Å². The van der Waals surface area contributed by atoms with Crippen molar-refractivity contribution in [1.29, 1.82) is 0 Å². The lowest BCUT2D eigenvalue weighted by molar-refractivity contribution is -0.130. The van der Waals surface area contributed by atoms with Gasteiger partial charge in [0.15, 0.2) is 5.16 Å². The minimum absolute atomic E-state index is 0.0407. The molecule has 6 nitrogen and oxygen atoms in total. The molecule has 0 fully saturated rings. The summed E-state index contributed by atoms with van der Waals surface area (Å²) in [5, 5.41) is 6.76. The highest BCUT2D eigenvalue weighted by Gasteiger charge is 2.33. The first-order valence-corrected chi connectivity index (χ1v) is 15.5. The average Bonchev–Trinajstić information content (AvgIpc) is 3.62. The van der Waals surface area contributed by atoms with Crippen molar-refractivity contribution in [3.05, 3.63) is 116 Å². The molecule has 0 bridgehead atoms. The number of rotatable bonds is 6. The first-order valence-electron chi connectivity index (χ1n) is 12.8. The van der Waals surface area contributed by atoms with Crippen LogP contribution in [0.4, 0.5) is 4.39 Å². The van der Waals surface area contributed by atoms with Crippen molar-refractivity contribution in [1.82, 2.24) is 14.6 Å². The van der Waals surface area contributed by atoms with Crippen molar-refractivity contribution >= 4 is 51.1 Å². The molecule has 0 spiro atoms. The second kappa shape index (κ2) is 11.3. The predicted octanol–water partition coefficient (Wildman–Crippen LogP) is 6.56. The zero-order valence-electron chi connectivity index (χ0n) is 21.5. The SMILES string of the molecule is Cc1ccc(C2CC(c3ccc(Br)cc3)=NN2C(=O)CSc2nc3c(c(=O)n2-c2ccc(F)cc2)SCC3)cc1. The third-order valence-electron chi connectivity index (χ3n) is 6.88. The standard InChI is InChI=1S/C30H24BrFN4O2S2/c1-18-2-4-20(5-3-18)26-16-25(19-6-8-21(31)9-7-19)34-36(26)27(37)17-40-30-33-24-14-15-39-28(24)29(38)35(30)23-12-10-22(32)11-13-23/h2-13,26H,14-17H2,1H3. The molecule has 6 rings (SSSR count). The Bertz CT molecular complexity index is 1670. The number of benzene rings is 3. The zero-order chi connectivity index (χ0) is 27.8. The summed E-state index contributed by atoms with van der Waals surface area (Å²) in [5.74, 6) is 0.255. The number of amides is 1. The number of hydrogen-bond donors (Lipinski definition) is 0. The number of carbonyl (C=O) groups excluding carboxylic acids is 1. The number of fused-ring (bicyclic) bond motifs is 1. The van der Waals surface area contributed by atoms with E-state index in [1.54, 1.807) is 17.1 Å². The third kappa shape index (κ3) is 5.40. The van der Waals surface area contributed by atoms with Gasteiger partial charge in [0.1, 0.15) is 5.82 Å². The van der Waals surface area contributed by atoms with Gasteiger partial charge in [-0.1, -0.05) is 69.7 Å². The van der Waals surface area contributed by atoms with Gasteiger partial charge in [0, 0.05) is 23.1 Å². The van der Waals surface area contributed by atoms with Crippen LogP contribution in [0, 0.1) is 12.7 Å². The second-order valence-corrected chi connectivity index (χ2v) is 12.6. The molecule has 0 radical (unpaired) electrons. The Morgan fingerprint density at radius 2 is 1.80 bits per heavy atom. The van der Waals surface area contributed by atoms with Crippen LogP contribution in [0.3, 0.4) is 0 Å². The third-order valence-corrected chi connectivity index (χ3v) is 9.44. The van der Waals surface area contributed by atoms with Gasteiger partial charge in [0.05, 0.1) is 33.8 Å². The number of carbonyl (C=O) groups is 1. The van der Waals surface area contributed by atoms with E-state index in [-0.39, 0.29) is 29.1 Å². The van der Waals surface area contributed by atoms with Gasteiger partial charge in [-0.25, -0.2) is 14.4 Å². The van der Waals surface area contributed by atoms with Gasteiger partial charge in [-0.2, -0.15) is 5.10 Å². The van der Waals surface area contributed by atoms with E-state index in [9.17, 15) is 14.0 Å². The van der Waals surface area contributed by atoms with Gasteiger partial charge in [0.25, 0.3) is 11.5 Å². The number of hydrazone groups is 1. The second-order valence-electron chi connectivity index (χ2n) is 9.60. The minimum Gasteiger partial charge on any atom is -0.272 e. The maximum atomic E-state index is 13.7. The lowest BCUT2D eigenvalue weighted by Crippen LogP contribution is -2.29. The van der Waals surface area contributed by atoms with Crippen molar-refractivity contribution in [2.24, 2.45) is 5.10 Å². The number of halogens is 2. The Morgan fingerprint density at radius 3 is 2.52 bits per heavy atom. The molecule has 10 heteroatoms. The Balaban J connectivity index is 1.32. The van der Waals surface area contributed by atoms with E-state index >= 15 is 0 Å². The van der Waals surface area contributed by atoms with Gasteiger partial charge >= 0.3 is 0 Å². The van der Waals surface area contributed by atoms with Gasteiger partial charge < -0.3 is 0 Å². The zero-order valence-corrected chi connectivity index (χ0v) is 24.7. The molecule has 0 N–H and O–H groups in total. The van der Waals surface area contributed by atoms with Crippen LogP contribution in [0.25, 0.3) is 5.69 Å². The summed E-state index contributed by atoms with van der Waals surface area (Å²) in [6.45, 7) is 2.03. The molecule has 3 aromatic carbocycles. The van der Waals surface area contributed by atoms with Crippen LogP contribution < -0.4 is 5.56 Å². The minimum atomic E-state index is -0.389. The lowest BCUT2D eigenvalue weighted by atomic mass is 9.98. The average molecular weight is 636 g/mol. The van der Waals surface area contributed by atoms with Gasteiger partial charge in [-0.05, 0) is 54.4 Å². The van der Waals surface area contributed by atoms with E-state index in [0.29, 0.717) is 28.6 Å². The molecule has 1 amide bonds. The largest absolute Gasteiger partial charge is 0.272 e. The van der Waals surface area contributed by atoms with E-state index < -0.39 is 0 Å². The first kappa shape index (κ1) is 27.0. The summed E-state index contributed by atoms with van der Waals surface area (Å²) in [5.41, 5.74) is 5.03. The van der Waals surface area contributed by atoms with Crippen molar-refractivity contribution in [3.63, 3.8) is 0 Å². The molecular formula is C30H24BrFN4O2S2. The van der Waals surface area contributed by atoms with Crippen LogP contribution in [0.1, 0.15) is 34.8 Å². The molecule has 2 aliphatic heterocycles. The quantitative estimate of drug-likeness (QED) is 0.177. The van der Waals surface area contributed by atoms with Crippen LogP contribution in [0.2, 0.25) is 0 Å². The van der Waals surface area contributed by atoms with E-state index in [0.717, 1.165) is 38.3 Å². The summed E-state index contributed by atoms with van der Waals surface area (Å²) in [6, 6.07) is 21.6. The molecule has 0 saturated heterocycles. The molecule has 2 aliphatic rings. The molecule has 1 atom stereocenters. The van der Waals surface area contributed by atoms with Crippen LogP contribution in [-0.4, -0.2) is 37.7 Å². The van der Waals surface area contributed by atoms with E-state index in [4.69, 9.17) is 10.1 Å². The Morgan fingerprint density at radius 1 is 1.07 bits per heavy atom. The molecule has 40 heavy (non-hydrogen) atoms. The van der Waals surface area contributed by atoms with Gasteiger partial charge in [-0.15, -0.1) is 11.8 Å². The fourth-order valence-electron chi connectivity index (χ4n) is 4.80. The predicted molar refractivity (Wildman–Crippen MR) is 161 cm³/mol. The summed E-state index contributed by atoms with van der Waals surface area (Å²) >= 11 is 6.16. The van der Waals surface area contributed by atoms with Crippen LogP contribution in [0.5, 0.6) is 0 Å². The van der Waals surface area contributed by atoms with Crippen molar-refractivity contribution < 1.29 is 9.18 Å².